The van der Waals surface area contributed by atoms with E-state index in [9.17, 15) is 0 Å². The van der Waals surface area contributed by atoms with Gasteiger partial charge in [0.15, 0.2) is 0 Å². The average molecular weight is 1610 g/mol. The first-order valence-electron chi connectivity index (χ1n) is 44.1. The number of fused-ring (bicyclic) bond motifs is 15. The predicted octanol–water partition coefficient (Wildman–Crippen LogP) is 34.1. The summed E-state index contributed by atoms with van der Waals surface area (Å²) in [6.07, 6.45) is 0. The number of hydrogen-bond acceptors (Lipinski definition) is 0. The second kappa shape index (κ2) is 31.2. The highest BCUT2D eigenvalue weighted by Crippen LogP contribution is 2.50. The van der Waals surface area contributed by atoms with Gasteiger partial charge in [-0.05, 0) is 280 Å². The first kappa shape index (κ1) is 76.7. The van der Waals surface area contributed by atoms with Crippen LogP contribution in [0.5, 0.6) is 0 Å². The summed E-state index contributed by atoms with van der Waals surface area (Å²) in [4.78, 5) is 0. The van der Waals surface area contributed by atoms with Gasteiger partial charge in [0, 0.05) is 49.4 Å². The molecule has 0 aliphatic heterocycles. The minimum atomic E-state index is 0.0979. The Bertz CT molecular complexity index is 8190. The minimum Gasteiger partial charge on any atom is -0.309 e. The summed E-state index contributed by atoms with van der Waals surface area (Å²) in [5, 5.41) is 23.2. The van der Waals surface area contributed by atoms with E-state index in [1.165, 1.54) is 247 Å². The average Bonchev–Trinajstić information content (AvgIpc) is 0.781. The summed E-state index contributed by atoms with van der Waals surface area (Å²) in [6, 6.07) is 154. The lowest BCUT2D eigenvalue weighted by atomic mass is 9.85. The molecule has 0 spiro atoms. The van der Waals surface area contributed by atoms with Crippen molar-refractivity contribution >= 4 is 130 Å². The molecule has 0 radical (unpaired) electrons. The Morgan fingerprint density at radius 1 is 0.151 bits per heavy atom. The second-order valence-corrected chi connectivity index (χ2v) is 35.4. The number of para-hydroxylation sites is 1. The summed E-state index contributed by atoms with van der Waals surface area (Å²) in [6.45, 7) is 17.7. The normalized spacial score (nSPS) is 11.8. The molecule has 0 aliphatic rings. The van der Waals surface area contributed by atoms with Gasteiger partial charge in [-0.3, -0.25) is 0 Å². The molecule has 126 heavy (non-hydrogen) atoms. The van der Waals surface area contributed by atoms with Gasteiger partial charge in [0.25, 0.3) is 0 Å². The first-order chi connectivity index (χ1) is 61.7. The van der Waals surface area contributed by atoms with Crippen LogP contribution in [0.3, 0.4) is 0 Å². The number of hydrogen-bond donors (Lipinski definition) is 0. The molecule has 3 nitrogen and oxygen atoms in total. The van der Waals surface area contributed by atoms with Crippen molar-refractivity contribution in [2.24, 2.45) is 0 Å². The van der Waals surface area contributed by atoms with Crippen molar-refractivity contribution in [1.82, 2.24) is 13.7 Å². The number of rotatable bonds is 9. The molecule has 0 N–H and O–H groups in total. The van der Waals surface area contributed by atoms with Gasteiger partial charge in [-0.1, -0.05) is 364 Å². The van der Waals surface area contributed by atoms with Crippen LogP contribution >= 0.6 is 0 Å². The quantitative estimate of drug-likeness (QED) is 0.128. The number of aromatic nitrogens is 3. The largest absolute Gasteiger partial charge is 0.309 e. The zero-order valence-electron chi connectivity index (χ0n) is 72.2. The van der Waals surface area contributed by atoms with Crippen molar-refractivity contribution in [3.05, 3.63) is 452 Å². The van der Waals surface area contributed by atoms with Gasteiger partial charge >= 0.3 is 0 Å². The third-order valence-electron chi connectivity index (χ3n) is 26.2. The molecule has 3 heterocycles. The molecule has 0 fully saturated rings. The van der Waals surface area contributed by atoms with Crippen molar-refractivity contribution in [1.29, 1.82) is 0 Å². The Labute approximate surface area is 735 Å². The van der Waals surface area contributed by atoms with E-state index in [4.69, 9.17) is 0 Å². The van der Waals surface area contributed by atoms with E-state index >= 15 is 0 Å². The first-order valence-corrected chi connectivity index (χ1v) is 44.1. The highest BCUT2D eigenvalue weighted by Gasteiger charge is 2.25. The van der Waals surface area contributed by atoms with Gasteiger partial charge in [0.1, 0.15) is 0 Å². The Morgan fingerprint density at radius 2 is 0.349 bits per heavy atom. The monoisotopic (exact) mass is 1610 g/mol. The third kappa shape index (κ3) is 13.2. The van der Waals surface area contributed by atoms with Crippen LogP contribution in [0.1, 0.15) is 54.2 Å². The molecule has 0 unspecified atom stereocenters. The summed E-state index contributed by atoms with van der Waals surface area (Å²) < 4.78 is 7.23. The fourth-order valence-electron chi connectivity index (χ4n) is 20.3. The Hall–Kier alpha value is -15.4. The van der Waals surface area contributed by atoms with Crippen LogP contribution in [0.25, 0.3) is 214 Å². The molecule has 24 rings (SSSR count). The maximum atomic E-state index is 2.41. The van der Waals surface area contributed by atoms with E-state index < -0.39 is 0 Å². The van der Waals surface area contributed by atoms with Crippen molar-refractivity contribution in [3.8, 4) is 83.8 Å². The number of nitrogens with zero attached hydrogens (tertiary/aromatic N) is 3. The van der Waals surface area contributed by atoms with Crippen molar-refractivity contribution in [2.75, 3.05) is 0 Å². The lowest BCUT2D eigenvalue weighted by molar-refractivity contribution is 0.591. The second-order valence-electron chi connectivity index (χ2n) is 35.4. The maximum Gasteiger partial charge on any atom is 0.0541 e. The number of benzene rings is 21. The summed E-state index contributed by atoms with van der Waals surface area (Å²) in [5.41, 5.74) is 34.0. The molecule has 0 saturated carbocycles. The van der Waals surface area contributed by atoms with E-state index in [2.05, 4.69) is 488 Å². The molecule has 0 aliphatic carbocycles. The van der Waals surface area contributed by atoms with E-state index in [1.807, 2.05) is 0 Å². The standard InChI is InChI=1S/C42H33N.C41H31N.C40H29N/c1-42(2,3)30-23-26-39-37(27-30)32-15-11-12-20-38(32)43(39)31-24-21-29(22-25-31)41-35-18-9-7-16-33(35)40(28-13-5-4-6-14-28)34-17-8-10-19-36(34)41;1-26-13-20-34-37(25-26)41(29-9-5-4-6-10-29)33-12-8-7-11-32(33)40(34)30-16-18-31(19-17-30)42-38-21-14-27(2)23-35(38)36-24-28(3)15-22-39(36)42;1-26-16-22-37-35(24-26)36-25-27(2)17-23-38(36)41(37)30-20-18-29(19-21-30)40-33-14-8-6-12-31(33)39(28-10-4-3-5-11-28)32-13-7-9-15-34(32)40/h4-27H,1-3H3;4-25H,1-3H3;3-25H,1-2H3. The van der Waals surface area contributed by atoms with Crippen LogP contribution in [0.2, 0.25) is 0 Å². The van der Waals surface area contributed by atoms with Crippen LogP contribution in [-0.4, -0.2) is 13.7 Å². The highest BCUT2D eigenvalue weighted by molar-refractivity contribution is 6.25. The van der Waals surface area contributed by atoms with E-state index in [-0.39, 0.29) is 5.41 Å². The molecule has 0 saturated heterocycles. The SMILES string of the molecule is CC(C)(C)c1ccc2c(c1)c1ccccc1n2-c1ccc(-c2c3ccccc3c(-c3ccccc3)c3ccccc23)cc1.Cc1ccc2c(-c3ccc(-n4c5ccc(C)cc5c5cc(C)ccc54)cc3)c3ccccc3c(-c3ccccc3)c2c1.Cc1ccc2c(c1)c1cc(C)ccc1n2-c1ccc(-c2c3ccccc3c(-c3ccccc3)c3ccccc23)cc1. The Balaban J connectivity index is 0.000000112. The molecule has 0 amide bonds. The van der Waals surface area contributed by atoms with Gasteiger partial charge in [0.05, 0.1) is 33.1 Å². The van der Waals surface area contributed by atoms with E-state index in [0.29, 0.717) is 0 Å². The molecular weight excluding hydrogens is 1520 g/mol. The van der Waals surface area contributed by atoms with E-state index in [1.54, 1.807) is 0 Å². The van der Waals surface area contributed by atoms with Gasteiger partial charge in [-0.2, -0.15) is 0 Å². The smallest absolute Gasteiger partial charge is 0.0541 e. The third-order valence-corrected chi connectivity index (χ3v) is 26.2. The molecule has 3 aromatic heterocycles. The zero-order chi connectivity index (χ0) is 85.0. The summed E-state index contributed by atoms with van der Waals surface area (Å²) in [7, 11) is 0. The fourth-order valence-corrected chi connectivity index (χ4v) is 20.3. The lowest BCUT2D eigenvalue weighted by Gasteiger charge is -2.19. The van der Waals surface area contributed by atoms with Crippen LogP contribution in [-0.2, 0) is 5.41 Å². The molecule has 0 bridgehead atoms. The molecule has 24 aromatic rings. The Morgan fingerprint density at radius 3 is 0.627 bits per heavy atom. The predicted molar refractivity (Wildman–Crippen MR) is 542 cm³/mol. The molecule has 0 atom stereocenters. The maximum absolute atomic E-state index is 2.41. The van der Waals surface area contributed by atoms with Gasteiger partial charge < -0.3 is 13.7 Å². The highest BCUT2D eigenvalue weighted by atomic mass is 15.0. The van der Waals surface area contributed by atoms with Crippen LogP contribution in [0, 0.1) is 34.6 Å². The van der Waals surface area contributed by atoms with Crippen molar-refractivity contribution in [3.63, 3.8) is 0 Å². The van der Waals surface area contributed by atoms with Crippen LogP contribution < -0.4 is 0 Å². The zero-order valence-corrected chi connectivity index (χ0v) is 72.2. The molecule has 21 aromatic carbocycles. The summed E-state index contributed by atoms with van der Waals surface area (Å²) in [5.74, 6) is 0. The van der Waals surface area contributed by atoms with Gasteiger partial charge in [-0.25, -0.2) is 0 Å². The van der Waals surface area contributed by atoms with E-state index in [0.717, 1.165) is 0 Å². The van der Waals surface area contributed by atoms with Crippen LogP contribution in [0.15, 0.2) is 419 Å². The van der Waals surface area contributed by atoms with Gasteiger partial charge in [-0.15, -0.1) is 0 Å². The minimum absolute atomic E-state index is 0.0979. The lowest BCUT2D eigenvalue weighted by Crippen LogP contribution is -2.10. The topological polar surface area (TPSA) is 14.8 Å². The summed E-state index contributed by atoms with van der Waals surface area (Å²) >= 11 is 0. The van der Waals surface area contributed by atoms with Crippen molar-refractivity contribution < 1.29 is 0 Å². The molecule has 3 heteroatoms. The fraction of sp³-hybridized carbons (Fsp3) is 0.0732. The van der Waals surface area contributed by atoms with Crippen LogP contribution in [0.4, 0.5) is 0 Å². The van der Waals surface area contributed by atoms with Gasteiger partial charge in [0.2, 0.25) is 0 Å². The Kier molecular flexibility index (Phi) is 19.0. The molecule has 600 valence electrons. The van der Waals surface area contributed by atoms with Crippen molar-refractivity contribution in [2.45, 2.75) is 60.8 Å². The number of aryl methyl sites for hydroxylation is 5. The molecular formula is C123H93N3.